The van der Waals surface area contributed by atoms with Crippen LogP contribution in [0.2, 0.25) is 0 Å². The molecule has 0 radical (unpaired) electrons. The highest BCUT2D eigenvalue weighted by molar-refractivity contribution is 5.94. The number of amides is 1. The largest absolute Gasteiger partial charge is 0.339 e. The molecule has 2 aromatic rings. The quantitative estimate of drug-likeness (QED) is 0.676. The Morgan fingerprint density at radius 3 is 2.44 bits per heavy atom. The molecule has 0 aliphatic carbocycles. The van der Waals surface area contributed by atoms with Gasteiger partial charge in [-0.15, -0.1) is 0 Å². The van der Waals surface area contributed by atoms with Gasteiger partial charge in [0.05, 0.1) is 22.9 Å². The molecule has 1 atom stereocenters. The van der Waals surface area contributed by atoms with Gasteiger partial charge in [0.25, 0.3) is 11.5 Å². The Hall–Kier alpha value is -2.81. The summed E-state index contributed by atoms with van der Waals surface area (Å²) in [6, 6.07) is -0.0404. The Morgan fingerprint density at radius 1 is 1.12 bits per heavy atom. The summed E-state index contributed by atoms with van der Waals surface area (Å²) in [4.78, 5) is 51.1. The molecule has 2 aromatic heterocycles. The molecule has 0 bridgehead atoms. The minimum absolute atomic E-state index is 0.0404. The zero-order valence-corrected chi connectivity index (χ0v) is 20.0. The average molecular weight is 443 g/mol. The van der Waals surface area contributed by atoms with Crippen LogP contribution in [-0.2, 0) is 20.6 Å². The lowest BCUT2D eigenvalue weighted by Crippen LogP contribution is -2.43. The zero-order valence-electron chi connectivity index (χ0n) is 20.0. The number of aryl methyl sites for hydroxylation is 1. The van der Waals surface area contributed by atoms with E-state index in [1.54, 1.807) is 18.1 Å². The number of hydrogen-bond donors (Lipinski definition) is 0. The van der Waals surface area contributed by atoms with Crippen LogP contribution in [0.4, 0.5) is 0 Å². The van der Waals surface area contributed by atoms with Crippen molar-refractivity contribution >= 4 is 5.91 Å². The van der Waals surface area contributed by atoms with Crippen molar-refractivity contribution in [1.82, 2.24) is 28.9 Å². The van der Waals surface area contributed by atoms with Gasteiger partial charge in [-0.05, 0) is 47.1 Å². The first-order valence-electron chi connectivity index (χ1n) is 11.3. The summed E-state index contributed by atoms with van der Waals surface area (Å²) in [6.45, 7) is 10.1. The molecule has 0 saturated carbocycles. The number of carbonyl (C=O) groups excluding carboxylic acids is 1. The average Bonchev–Trinajstić information content (AvgIpc) is 2.80. The highest BCUT2D eigenvalue weighted by Gasteiger charge is 2.29. The van der Waals surface area contributed by atoms with E-state index >= 15 is 0 Å². The first-order valence-corrected chi connectivity index (χ1v) is 11.3. The van der Waals surface area contributed by atoms with E-state index in [-0.39, 0.29) is 23.2 Å². The SMILES string of the molecule is CCN(CC)C(=O)c1cnc([C@H]2CCCCN2Cc2c(C)n(C)c(=O)n(C)c2=O)nc1C. The maximum Gasteiger partial charge on any atom is 0.330 e. The predicted octanol–water partition coefficient (Wildman–Crippen LogP) is 1.70. The molecular weight excluding hydrogens is 408 g/mol. The van der Waals surface area contributed by atoms with E-state index in [1.165, 1.54) is 11.6 Å². The molecule has 32 heavy (non-hydrogen) atoms. The summed E-state index contributed by atoms with van der Waals surface area (Å²) in [7, 11) is 3.20. The van der Waals surface area contributed by atoms with Gasteiger partial charge in [0.1, 0.15) is 5.82 Å². The standard InChI is InChI=1S/C23H34N6O3/c1-7-28(8-2)22(31)17-13-24-20(25-15(17)3)19-11-9-10-12-29(19)14-18-16(4)26(5)23(32)27(6)21(18)30/h13,19H,7-12,14H2,1-6H3/t19-/m1/s1. The zero-order chi connectivity index (χ0) is 23.6. The first kappa shape index (κ1) is 23.8. The third-order valence-electron chi connectivity index (χ3n) is 6.63. The van der Waals surface area contributed by atoms with Crippen LogP contribution in [0.1, 0.15) is 72.3 Å². The Balaban J connectivity index is 1.93. The smallest absolute Gasteiger partial charge is 0.330 e. The van der Waals surface area contributed by atoms with Gasteiger partial charge < -0.3 is 9.47 Å². The molecule has 0 unspecified atom stereocenters. The summed E-state index contributed by atoms with van der Waals surface area (Å²) in [5.74, 6) is 0.626. The fourth-order valence-electron chi connectivity index (χ4n) is 4.41. The van der Waals surface area contributed by atoms with Crippen molar-refractivity contribution in [3.63, 3.8) is 0 Å². The fourth-order valence-corrected chi connectivity index (χ4v) is 4.41. The number of rotatable bonds is 6. The van der Waals surface area contributed by atoms with Crippen LogP contribution >= 0.6 is 0 Å². The predicted molar refractivity (Wildman–Crippen MR) is 123 cm³/mol. The number of likely N-dealkylation sites (tertiary alicyclic amines) is 1. The van der Waals surface area contributed by atoms with Gasteiger partial charge in [0.2, 0.25) is 0 Å². The van der Waals surface area contributed by atoms with Crippen molar-refractivity contribution in [3.8, 4) is 0 Å². The maximum absolute atomic E-state index is 12.8. The lowest BCUT2D eigenvalue weighted by Gasteiger charge is -2.35. The van der Waals surface area contributed by atoms with Crippen molar-refractivity contribution in [2.24, 2.45) is 14.1 Å². The van der Waals surface area contributed by atoms with Crippen molar-refractivity contribution in [3.05, 3.63) is 55.4 Å². The van der Waals surface area contributed by atoms with E-state index < -0.39 is 0 Å². The number of nitrogens with zero attached hydrogens (tertiary/aromatic N) is 6. The van der Waals surface area contributed by atoms with E-state index in [2.05, 4.69) is 9.88 Å². The molecule has 0 spiro atoms. The number of hydrogen-bond acceptors (Lipinski definition) is 6. The molecule has 3 heterocycles. The summed E-state index contributed by atoms with van der Waals surface area (Å²) in [5.41, 5.74) is 1.92. The van der Waals surface area contributed by atoms with Gasteiger partial charge in [-0.25, -0.2) is 14.8 Å². The van der Waals surface area contributed by atoms with E-state index in [9.17, 15) is 14.4 Å². The van der Waals surface area contributed by atoms with Crippen LogP contribution in [0.25, 0.3) is 0 Å². The van der Waals surface area contributed by atoms with Crippen molar-refractivity contribution in [1.29, 1.82) is 0 Å². The molecule has 1 aliphatic heterocycles. The Labute approximate surface area is 188 Å². The highest BCUT2D eigenvalue weighted by atomic mass is 16.2. The fraction of sp³-hybridized carbons (Fsp3) is 0.609. The molecule has 1 aliphatic rings. The summed E-state index contributed by atoms with van der Waals surface area (Å²) < 4.78 is 2.68. The third-order valence-corrected chi connectivity index (χ3v) is 6.63. The molecule has 0 aromatic carbocycles. The van der Waals surface area contributed by atoms with Crippen LogP contribution in [-0.4, -0.2) is 54.4 Å². The molecule has 1 saturated heterocycles. The highest BCUT2D eigenvalue weighted by Crippen LogP contribution is 2.30. The number of carbonyl (C=O) groups is 1. The van der Waals surface area contributed by atoms with Crippen molar-refractivity contribution in [2.75, 3.05) is 19.6 Å². The molecule has 1 amide bonds. The van der Waals surface area contributed by atoms with Crippen molar-refractivity contribution in [2.45, 2.75) is 59.5 Å². The lowest BCUT2D eigenvalue weighted by atomic mass is 10.00. The van der Waals surface area contributed by atoms with E-state index in [1.807, 2.05) is 27.7 Å². The van der Waals surface area contributed by atoms with Gasteiger partial charge in [-0.3, -0.25) is 19.1 Å². The maximum atomic E-state index is 12.8. The topological polar surface area (TPSA) is 93.3 Å². The minimum Gasteiger partial charge on any atom is -0.339 e. The molecule has 174 valence electrons. The van der Waals surface area contributed by atoms with Gasteiger partial charge in [-0.1, -0.05) is 6.42 Å². The Bertz CT molecular complexity index is 1120. The monoisotopic (exact) mass is 442 g/mol. The molecule has 9 heteroatoms. The number of piperidine rings is 1. The van der Waals surface area contributed by atoms with E-state index in [4.69, 9.17) is 4.98 Å². The second-order valence-electron chi connectivity index (χ2n) is 8.46. The van der Waals surface area contributed by atoms with Crippen molar-refractivity contribution < 1.29 is 4.79 Å². The molecule has 3 rings (SSSR count). The third kappa shape index (κ3) is 4.39. The molecule has 1 fully saturated rings. The van der Waals surface area contributed by atoms with Crippen LogP contribution in [0.5, 0.6) is 0 Å². The van der Waals surface area contributed by atoms with E-state index in [0.29, 0.717) is 48.0 Å². The van der Waals surface area contributed by atoms with Gasteiger partial charge in [0, 0.05) is 45.6 Å². The minimum atomic E-state index is -0.320. The van der Waals surface area contributed by atoms with Gasteiger partial charge in [0.15, 0.2) is 0 Å². The second kappa shape index (κ2) is 9.77. The summed E-state index contributed by atoms with van der Waals surface area (Å²) >= 11 is 0. The van der Waals surface area contributed by atoms with Gasteiger partial charge >= 0.3 is 5.69 Å². The summed E-state index contributed by atoms with van der Waals surface area (Å²) in [5, 5.41) is 0. The first-order chi connectivity index (χ1) is 15.2. The van der Waals surface area contributed by atoms with Crippen LogP contribution in [0.15, 0.2) is 15.8 Å². The van der Waals surface area contributed by atoms with Crippen LogP contribution in [0, 0.1) is 13.8 Å². The normalized spacial score (nSPS) is 16.9. The van der Waals surface area contributed by atoms with Gasteiger partial charge in [-0.2, -0.15) is 0 Å². The molecular formula is C23H34N6O3. The van der Waals surface area contributed by atoms with E-state index in [0.717, 1.165) is 30.4 Å². The molecule has 9 nitrogen and oxygen atoms in total. The Kier molecular flexibility index (Phi) is 7.28. The number of aromatic nitrogens is 4. The second-order valence-corrected chi connectivity index (χ2v) is 8.46. The van der Waals surface area contributed by atoms with Crippen LogP contribution in [0.3, 0.4) is 0 Å². The van der Waals surface area contributed by atoms with Crippen LogP contribution < -0.4 is 11.2 Å². The molecule has 0 N–H and O–H groups in total. The Morgan fingerprint density at radius 2 is 1.81 bits per heavy atom. The lowest BCUT2D eigenvalue weighted by molar-refractivity contribution is 0.0770. The summed E-state index contributed by atoms with van der Waals surface area (Å²) in [6.07, 6.45) is 4.60.